The summed E-state index contributed by atoms with van der Waals surface area (Å²) in [7, 11) is 0. The molecule has 0 bridgehead atoms. The van der Waals surface area contributed by atoms with Gasteiger partial charge < -0.3 is 4.42 Å². The molecule has 0 saturated heterocycles. The molecule has 0 spiro atoms. The normalized spacial score (nSPS) is 24.6. The van der Waals surface area contributed by atoms with Gasteiger partial charge in [0.2, 0.25) is 0 Å². The highest BCUT2D eigenvalue weighted by Crippen LogP contribution is 2.38. The highest BCUT2D eigenvalue weighted by molar-refractivity contribution is 5.90. The van der Waals surface area contributed by atoms with E-state index in [1.807, 2.05) is 6.21 Å². The number of hydrogen-bond donors (Lipinski definition) is 0. The Bertz CT molecular complexity index is 952. The number of fused-ring (bicyclic) bond motifs is 3. The van der Waals surface area contributed by atoms with Gasteiger partial charge in [-0.1, -0.05) is 54.7 Å². The van der Waals surface area contributed by atoms with Crippen LogP contribution in [0, 0.1) is 5.92 Å². The Balaban J connectivity index is 1.56. The minimum absolute atomic E-state index is 0.0691. The number of hydrogen-bond acceptors (Lipinski definition) is 2. The predicted octanol–water partition coefficient (Wildman–Crippen LogP) is 5.58. The fourth-order valence-corrected chi connectivity index (χ4v) is 3.91. The molecule has 5 rings (SSSR count). The van der Waals surface area contributed by atoms with Crippen molar-refractivity contribution in [3.63, 3.8) is 0 Å². The van der Waals surface area contributed by atoms with Crippen molar-refractivity contribution < 1.29 is 4.42 Å². The Hall–Kier alpha value is -2.61. The van der Waals surface area contributed by atoms with E-state index in [0.29, 0.717) is 5.92 Å². The summed E-state index contributed by atoms with van der Waals surface area (Å²) in [6.07, 6.45) is 20.6. The van der Waals surface area contributed by atoms with E-state index in [2.05, 4.69) is 60.7 Å². The monoisotopic (exact) mass is 313 g/mol. The largest absolute Gasteiger partial charge is 0.456 e. The summed E-state index contributed by atoms with van der Waals surface area (Å²) in [5.41, 5.74) is 4.85. The molecule has 2 heterocycles. The number of benzene rings is 1. The van der Waals surface area contributed by atoms with Crippen LogP contribution in [0.1, 0.15) is 35.8 Å². The van der Waals surface area contributed by atoms with Crippen molar-refractivity contribution in [2.45, 2.75) is 25.3 Å². The van der Waals surface area contributed by atoms with Crippen LogP contribution in [0.25, 0.3) is 17.0 Å². The van der Waals surface area contributed by atoms with Gasteiger partial charge in [-0.25, -0.2) is 0 Å². The van der Waals surface area contributed by atoms with Gasteiger partial charge in [0, 0.05) is 28.6 Å². The lowest BCUT2D eigenvalue weighted by molar-refractivity contribution is 0.589. The number of furan rings is 1. The average molecular weight is 313 g/mol. The zero-order valence-corrected chi connectivity index (χ0v) is 13.5. The Morgan fingerprint density at radius 1 is 1.12 bits per heavy atom. The molecule has 0 saturated carbocycles. The molecule has 0 fully saturated rings. The van der Waals surface area contributed by atoms with Crippen molar-refractivity contribution >= 4 is 23.3 Å². The molecule has 0 radical (unpaired) electrons. The average Bonchev–Trinajstić information content (AvgIpc) is 3.27. The lowest BCUT2D eigenvalue weighted by Gasteiger charge is -2.12. The molecule has 1 aromatic carbocycles. The van der Waals surface area contributed by atoms with Crippen LogP contribution >= 0.6 is 0 Å². The Morgan fingerprint density at radius 3 is 3.04 bits per heavy atom. The first kappa shape index (κ1) is 13.8. The second-order valence-corrected chi connectivity index (χ2v) is 6.65. The van der Waals surface area contributed by atoms with Crippen molar-refractivity contribution in [2.24, 2.45) is 10.9 Å². The van der Waals surface area contributed by atoms with Crippen LogP contribution in [0.2, 0.25) is 0 Å². The predicted molar refractivity (Wildman–Crippen MR) is 99.3 cm³/mol. The van der Waals surface area contributed by atoms with Gasteiger partial charge >= 0.3 is 0 Å². The fraction of sp³-hybridized carbons (Fsp3) is 0.227. The van der Waals surface area contributed by atoms with E-state index in [0.717, 1.165) is 30.6 Å². The molecule has 118 valence electrons. The smallest absolute Gasteiger partial charge is 0.140 e. The number of rotatable bonds is 2. The summed E-state index contributed by atoms with van der Waals surface area (Å²) in [6.45, 7) is 0. The van der Waals surface area contributed by atoms with E-state index in [4.69, 9.17) is 9.41 Å². The maximum Gasteiger partial charge on any atom is 0.140 e. The van der Waals surface area contributed by atoms with Crippen molar-refractivity contribution in [3.8, 4) is 0 Å². The molecule has 1 aromatic heterocycles. The molecule has 2 aliphatic carbocycles. The summed E-state index contributed by atoms with van der Waals surface area (Å²) in [5, 5.41) is 1.25. The molecular weight excluding hydrogens is 294 g/mol. The van der Waals surface area contributed by atoms with Crippen LogP contribution in [0.4, 0.5) is 0 Å². The summed E-state index contributed by atoms with van der Waals surface area (Å²) in [4.78, 5) is 4.77. The standard InChI is InChI=1S/C22H19NO/c1-2-7-15(8-3-1)16-13-20(23-14-16)19-11-6-10-18-17-9-4-5-12-21(17)24-22(18)19/h1-3,5-7,10-15,20H,4,8-9H2. The third-order valence-electron chi connectivity index (χ3n) is 5.17. The zero-order valence-electron chi connectivity index (χ0n) is 13.5. The number of nitrogens with zero attached hydrogens (tertiary/aromatic N) is 1. The van der Waals surface area contributed by atoms with E-state index < -0.39 is 0 Å². The van der Waals surface area contributed by atoms with E-state index in [9.17, 15) is 0 Å². The molecule has 0 N–H and O–H groups in total. The third-order valence-corrected chi connectivity index (χ3v) is 5.17. The summed E-state index contributed by atoms with van der Waals surface area (Å²) in [5.74, 6) is 1.48. The first-order chi connectivity index (χ1) is 11.9. The van der Waals surface area contributed by atoms with Gasteiger partial charge in [-0.3, -0.25) is 4.99 Å². The lowest BCUT2D eigenvalue weighted by Crippen LogP contribution is -2.01. The minimum atomic E-state index is 0.0691. The molecule has 2 atom stereocenters. The van der Waals surface area contributed by atoms with E-state index in [1.54, 1.807) is 0 Å². The van der Waals surface area contributed by atoms with E-state index in [-0.39, 0.29) is 6.04 Å². The quantitative estimate of drug-likeness (QED) is 0.711. The summed E-state index contributed by atoms with van der Waals surface area (Å²) >= 11 is 0. The van der Waals surface area contributed by atoms with Gasteiger partial charge in [0.15, 0.2) is 0 Å². The van der Waals surface area contributed by atoms with E-state index >= 15 is 0 Å². The van der Waals surface area contributed by atoms with Gasteiger partial charge in [0.05, 0.1) is 6.04 Å². The SMILES string of the molecule is C1=CCC(C2=CC(c3cccc4c5c(oc34)C=CCC5)N=C2)C=C1. The van der Waals surface area contributed by atoms with Crippen molar-refractivity contribution in [2.75, 3.05) is 0 Å². The molecule has 2 aromatic rings. The highest BCUT2D eigenvalue weighted by atomic mass is 16.3. The first-order valence-corrected chi connectivity index (χ1v) is 8.69. The molecule has 0 amide bonds. The van der Waals surface area contributed by atoms with Crippen LogP contribution in [0.3, 0.4) is 0 Å². The van der Waals surface area contributed by atoms with Gasteiger partial charge in [0.1, 0.15) is 11.3 Å². The Labute approximate surface area is 141 Å². The second kappa shape index (κ2) is 5.48. The van der Waals surface area contributed by atoms with Crippen molar-refractivity contribution in [1.29, 1.82) is 0 Å². The maximum atomic E-state index is 6.20. The Kier molecular flexibility index (Phi) is 3.15. The molecule has 24 heavy (non-hydrogen) atoms. The third kappa shape index (κ3) is 2.14. The van der Waals surface area contributed by atoms with Gasteiger partial charge in [-0.05, 0) is 30.9 Å². The first-order valence-electron chi connectivity index (χ1n) is 8.69. The van der Waals surface area contributed by atoms with Crippen molar-refractivity contribution in [1.82, 2.24) is 0 Å². The molecule has 2 nitrogen and oxygen atoms in total. The molecule has 1 aliphatic heterocycles. The second-order valence-electron chi connectivity index (χ2n) is 6.65. The minimum Gasteiger partial charge on any atom is -0.456 e. The molecule has 3 aliphatic rings. The number of allylic oxidation sites excluding steroid dienone is 6. The maximum absolute atomic E-state index is 6.20. The number of para-hydroxylation sites is 1. The number of aryl methyl sites for hydroxylation is 1. The van der Waals surface area contributed by atoms with Crippen LogP contribution in [-0.4, -0.2) is 6.21 Å². The summed E-state index contributed by atoms with van der Waals surface area (Å²) in [6, 6.07) is 6.54. The van der Waals surface area contributed by atoms with Gasteiger partial charge in [-0.2, -0.15) is 0 Å². The van der Waals surface area contributed by atoms with Crippen LogP contribution in [-0.2, 0) is 6.42 Å². The van der Waals surface area contributed by atoms with E-state index in [1.165, 1.54) is 22.1 Å². The van der Waals surface area contributed by atoms with Gasteiger partial charge in [0.25, 0.3) is 0 Å². The number of aliphatic imine (C=N–C) groups is 1. The fourth-order valence-electron chi connectivity index (χ4n) is 3.91. The van der Waals surface area contributed by atoms with Crippen LogP contribution in [0.5, 0.6) is 0 Å². The molecule has 2 unspecified atom stereocenters. The molecular formula is C22H19NO. The van der Waals surface area contributed by atoms with Crippen LogP contribution in [0.15, 0.2) is 69.6 Å². The van der Waals surface area contributed by atoms with Crippen molar-refractivity contribution in [3.05, 3.63) is 77.1 Å². The molecule has 2 heteroatoms. The van der Waals surface area contributed by atoms with Crippen LogP contribution < -0.4 is 0 Å². The zero-order chi connectivity index (χ0) is 15.9. The highest BCUT2D eigenvalue weighted by Gasteiger charge is 2.23. The summed E-state index contributed by atoms with van der Waals surface area (Å²) < 4.78 is 6.20. The lowest BCUT2D eigenvalue weighted by atomic mass is 9.92. The topological polar surface area (TPSA) is 25.5 Å². The van der Waals surface area contributed by atoms with Gasteiger partial charge in [-0.15, -0.1) is 0 Å². The Morgan fingerprint density at radius 2 is 2.12 bits per heavy atom.